The first kappa shape index (κ1) is 24.7. The second-order valence-electron chi connectivity index (χ2n) is 12.2. The van der Waals surface area contributed by atoms with Crippen LogP contribution in [0.3, 0.4) is 0 Å². The van der Waals surface area contributed by atoms with Gasteiger partial charge in [0.1, 0.15) is 11.3 Å². The molecule has 1 amide bonds. The Morgan fingerprint density at radius 2 is 2.00 bits per heavy atom. The minimum Gasteiger partial charge on any atom is -0.494 e. The van der Waals surface area contributed by atoms with Crippen LogP contribution in [0.25, 0.3) is 44.7 Å². The first-order valence-electron chi connectivity index (χ1n) is 14.7. The van der Waals surface area contributed by atoms with Gasteiger partial charge in [-0.05, 0) is 68.2 Å². The number of methoxy groups -OCH3 is 1. The molecule has 2 aliphatic heterocycles. The number of para-hydroxylation sites is 1. The average Bonchev–Trinajstić information content (AvgIpc) is 3.35. The fourth-order valence-corrected chi connectivity index (χ4v) is 7.26. The van der Waals surface area contributed by atoms with Crippen LogP contribution >= 0.6 is 0 Å². The van der Waals surface area contributed by atoms with Crippen molar-refractivity contribution < 1.29 is 9.53 Å². The number of carbonyl (C=O) groups is 1. The third-order valence-electron chi connectivity index (χ3n) is 9.62. The van der Waals surface area contributed by atoms with Crippen molar-refractivity contribution in [2.45, 2.75) is 50.7 Å². The first-order chi connectivity index (χ1) is 20.0. The molecular weight excluding hydrogens is 514 g/mol. The molecule has 9 heteroatoms. The molecule has 4 fully saturated rings. The van der Waals surface area contributed by atoms with E-state index >= 15 is 0 Å². The Bertz CT molecular complexity index is 1800. The van der Waals surface area contributed by atoms with E-state index in [2.05, 4.69) is 43.6 Å². The number of hydrogen-bond donors (Lipinski definition) is 2. The number of nitrogens with two attached hydrogens (primary N) is 1. The van der Waals surface area contributed by atoms with Crippen LogP contribution in [0.2, 0.25) is 0 Å². The number of nitrogens with one attached hydrogen (secondary N) is 1. The summed E-state index contributed by atoms with van der Waals surface area (Å²) in [5.74, 6) is 2.61. The van der Waals surface area contributed by atoms with E-state index in [-0.39, 0.29) is 18.0 Å². The smallest absolute Gasteiger partial charge is 0.254 e. The molecule has 0 radical (unpaired) electrons. The Balaban J connectivity index is 1.26. The van der Waals surface area contributed by atoms with Crippen molar-refractivity contribution in [3.63, 3.8) is 0 Å². The Hall–Kier alpha value is -4.11. The Labute approximate surface area is 238 Å². The Morgan fingerprint density at radius 3 is 2.71 bits per heavy atom. The summed E-state index contributed by atoms with van der Waals surface area (Å²) in [5.41, 5.74) is 12.9. The molecule has 2 saturated heterocycles. The van der Waals surface area contributed by atoms with Gasteiger partial charge in [-0.15, -0.1) is 0 Å². The van der Waals surface area contributed by atoms with Crippen LogP contribution in [0.1, 0.15) is 42.5 Å². The van der Waals surface area contributed by atoms with Crippen LogP contribution in [0, 0.1) is 11.8 Å². The number of aryl methyl sites for hydroxylation is 1. The summed E-state index contributed by atoms with van der Waals surface area (Å²) < 4.78 is 10.4. The summed E-state index contributed by atoms with van der Waals surface area (Å²) in [4.78, 5) is 21.0. The molecule has 2 bridgehead atoms. The molecule has 3 N–H and O–H groups in total. The Morgan fingerprint density at radius 1 is 1.12 bits per heavy atom. The molecule has 5 aromatic rings. The van der Waals surface area contributed by atoms with E-state index in [4.69, 9.17) is 15.5 Å². The molecule has 9 nitrogen and oxygen atoms in total. The zero-order chi connectivity index (χ0) is 27.8. The number of carbonyl (C=O) groups excluding carboxylic acids is 1. The van der Waals surface area contributed by atoms with Gasteiger partial charge in [0.05, 0.1) is 29.5 Å². The van der Waals surface area contributed by atoms with Gasteiger partial charge in [0.15, 0.2) is 5.82 Å². The van der Waals surface area contributed by atoms with Gasteiger partial charge in [-0.3, -0.25) is 9.89 Å². The van der Waals surface area contributed by atoms with Gasteiger partial charge >= 0.3 is 0 Å². The van der Waals surface area contributed by atoms with Crippen molar-refractivity contribution in [1.29, 1.82) is 0 Å². The summed E-state index contributed by atoms with van der Waals surface area (Å²) in [7, 11) is 3.70. The molecule has 3 atom stereocenters. The zero-order valence-electron chi connectivity index (χ0n) is 23.5. The number of aromatic nitrogens is 5. The molecule has 0 unspecified atom stereocenters. The van der Waals surface area contributed by atoms with E-state index in [0.29, 0.717) is 23.1 Å². The van der Waals surface area contributed by atoms with Gasteiger partial charge in [-0.1, -0.05) is 18.2 Å². The van der Waals surface area contributed by atoms with Crippen molar-refractivity contribution in [3.05, 3.63) is 54.2 Å². The monoisotopic (exact) mass is 549 g/mol. The van der Waals surface area contributed by atoms with Gasteiger partial charge in [0, 0.05) is 54.9 Å². The van der Waals surface area contributed by atoms with Gasteiger partial charge < -0.3 is 24.5 Å². The number of amides is 1. The number of piperidine rings is 2. The molecule has 0 spiro atoms. The number of fused-ring (bicyclic) bond motifs is 5. The fraction of sp³-hybridized carbons (Fsp3) is 0.406. The van der Waals surface area contributed by atoms with Crippen molar-refractivity contribution >= 4 is 27.8 Å². The second-order valence-corrected chi connectivity index (χ2v) is 12.2. The summed E-state index contributed by atoms with van der Waals surface area (Å²) in [6, 6.07) is 14.9. The number of rotatable bonds is 6. The largest absolute Gasteiger partial charge is 0.494 e. The zero-order valence-corrected chi connectivity index (χ0v) is 23.5. The lowest BCUT2D eigenvalue weighted by Crippen LogP contribution is -2.58. The van der Waals surface area contributed by atoms with Gasteiger partial charge in [-0.25, -0.2) is 4.98 Å². The van der Waals surface area contributed by atoms with Gasteiger partial charge in [-0.2, -0.15) is 5.10 Å². The third-order valence-corrected chi connectivity index (χ3v) is 9.62. The molecule has 5 heterocycles. The summed E-state index contributed by atoms with van der Waals surface area (Å²) in [6.07, 6.45) is 7.38. The average molecular weight is 550 g/mol. The van der Waals surface area contributed by atoms with Crippen molar-refractivity contribution in [2.24, 2.45) is 24.6 Å². The normalized spacial score (nSPS) is 22.2. The van der Waals surface area contributed by atoms with E-state index in [9.17, 15) is 4.79 Å². The molecule has 3 aromatic heterocycles. The number of ether oxygens (including phenoxy) is 1. The van der Waals surface area contributed by atoms with E-state index < -0.39 is 0 Å². The van der Waals surface area contributed by atoms with E-state index in [1.54, 1.807) is 7.11 Å². The lowest BCUT2D eigenvalue weighted by atomic mass is 9.76. The maximum atomic E-state index is 13.8. The summed E-state index contributed by atoms with van der Waals surface area (Å²) in [6.45, 7) is 1.67. The number of benzene rings is 2. The summed E-state index contributed by atoms with van der Waals surface area (Å²) >= 11 is 0. The predicted molar refractivity (Wildman–Crippen MR) is 159 cm³/mol. The molecule has 2 saturated carbocycles. The molecule has 41 heavy (non-hydrogen) atoms. The number of H-pyrrole nitrogens is 1. The van der Waals surface area contributed by atoms with Crippen LogP contribution in [-0.4, -0.2) is 60.9 Å². The van der Waals surface area contributed by atoms with Crippen LogP contribution in [0.15, 0.2) is 48.7 Å². The highest BCUT2D eigenvalue weighted by Crippen LogP contribution is 2.41. The van der Waals surface area contributed by atoms with Gasteiger partial charge in [0.2, 0.25) is 0 Å². The lowest BCUT2D eigenvalue weighted by molar-refractivity contribution is 0.0261. The third kappa shape index (κ3) is 3.89. The van der Waals surface area contributed by atoms with Crippen molar-refractivity contribution in [3.8, 4) is 28.5 Å². The number of nitrogens with zero attached hydrogens (tertiary/aromatic N) is 5. The minimum atomic E-state index is 0.0468. The van der Waals surface area contributed by atoms with E-state index in [0.717, 1.165) is 71.5 Å². The number of aromatic amines is 1. The quantitative estimate of drug-likeness (QED) is 0.312. The lowest BCUT2D eigenvalue weighted by Gasteiger charge is -2.48. The molecule has 2 aliphatic carbocycles. The number of hydrogen-bond acceptors (Lipinski definition) is 5. The Kier molecular flexibility index (Phi) is 5.54. The summed E-state index contributed by atoms with van der Waals surface area (Å²) in [5, 5.41) is 8.62. The molecular formula is C32H35N7O2. The second kappa shape index (κ2) is 9.21. The van der Waals surface area contributed by atoms with Crippen LogP contribution in [0.5, 0.6) is 5.75 Å². The topological polar surface area (TPSA) is 107 Å². The standard InChI is InChI=1S/C32H35N7O2/c1-37-30-26(12-21(14-28(30)41-2)32(40)38-17-20-8-9-22(38)15-24(20)33)35-31(37)27-13-19-4-3-5-23(25-10-11-34-36-25)29(19)39(27)16-18-6-7-18/h3-5,10-14,18,20,22,24H,6-9,15-17,33H2,1-2H3,(H,34,36)/t20-,22-,24+/m1/s1. The maximum Gasteiger partial charge on any atom is 0.254 e. The SMILES string of the molecule is COc1cc(C(=O)N2C[C@H]3CC[C@@H]2C[C@@H]3N)cc2nc(-c3cc4cccc(-c5cc[nH]n5)c4n3CC3CC3)n(C)c12. The molecule has 210 valence electrons. The van der Waals surface area contributed by atoms with E-state index in [1.807, 2.05) is 36.3 Å². The first-order valence-corrected chi connectivity index (χ1v) is 14.7. The highest BCUT2D eigenvalue weighted by molar-refractivity contribution is 6.01. The molecule has 4 aliphatic rings. The van der Waals surface area contributed by atoms with E-state index in [1.165, 1.54) is 18.4 Å². The van der Waals surface area contributed by atoms with Crippen LogP contribution in [-0.2, 0) is 13.6 Å². The maximum absolute atomic E-state index is 13.8. The highest BCUT2D eigenvalue weighted by atomic mass is 16.5. The van der Waals surface area contributed by atoms with Crippen LogP contribution in [0.4, 0.5) is 0 Å². The highest BCUT2D eigenvalue weighted by Gasteiger charge is 2.41. The molecule has 2 aromatic carbocycles. The predicted octanol–water partition coefficient (Wildman–Crippen LogP) is 4.96. The van der Waals surface area contributed by atoms with Crippen molar-refractivity contribution in [2.75, 3.05) is 13.7 Å². The van der Waals surface area contributed by atoms with Crippen LogP contribution < -0.4 is 10.5 Å². The fourth-order valence-electron chi connectivity index (χ4n) is 7.26. The van der Waals surface area contributed by atoms with Crippen molar-refractivity contribution in [1.82, 2.24) is 29.2 Å². The van der Waals surface area contributed by atoms with Gasteiger partial charge in [0.25, 0.3) is 5.91 Å². The minimum absolute atomic E-state index is 0.0468. The number of imidazole rings is 1. The molecule has 9 rings (SSSR count).